The summed E-state index contributed by atoms with van der Waals surface area (Å²) in [6.07, 6.45) is 0. The molecule has 0 unspecified atom stereocenters. The van der Waals surface area contributed by atoms with Gasteiger partial charge in [-0.3, -0.25) is 0 Å². The topological polar surface area (TPSA) is 88.4 Å². The van der Waals surface area contributed by atoms with Crippen LogP contribution in [0.4, 0.5) is 0 Å². The fraction of sp³-hybridized carbons (Fsp3) is 0.0172. The minimum atomic E-state index is 0. The Labute approximate surface area is 437 Å². The van der Waals surface area contributed by atoms with E-state index < -0.39 is 0 Å². The van der Waals surface area contributed by atoms with E-state index in [1.165, 1.54) is 15.8 Å². The number of para-hydroxylation sites is 3. The van der Waals surface area contributed by atoms with Gasteiger partial charge in [0.05, 0.1) is 54.5 Å². The zero-order chi connectivity index (χ0) is 45.5. The molecular formula is C58H41N3O3S3Zn2. The fourth-order valence-electron chi connectivity index (χ4n) is 7.68. The molecule has 0 saturated carbocycles. The van der Waals surface area contributed by atoms with Crippen LogP contribution in [0.2, 0.25) is 0 Å². The quantitative estimate of drug-likeness (QED) is 0.155. The summed E-state index contributed by atoms with van der Waals surface area (Å²) in [6.45, 7) is 0. The molecule has 0 fully saturated rings. The van der Waals surface area contributed by atoms with Crippen LogP contribution in [0.15, 0.2) is 218 Å². The first-order valence-corrected chi connectivity index (χ1v) is 24.0. The van der Waals surface area contributed by atoms with Crippen molar-refractivity contribution in [3.05, 3.63) is 218 Å². The Bertz CT molecular complexity index is 3360. The molecule has 0 spiro atoms. The van der Waals surface area contributed by atoms with Crippen LogP contribution in [0.5, 0.6) is 17.2 Å². The molecule has 3 aromatic heterocycles. The SMILES string of the molecule is COc1ccc(-c2ccccc2)cc1-c1nc2ccccc2s1.Oc1ccc(-c2ccccc2)cc1-c1nc2ccccc2s1.Oc1ccc(-c2ccccc2)cc1-c1nc2ccccc2s1.[Zn].[Zn]. The van der Waals surface area contributed by atoms with Crippen LogP contribution in [0.3, 0.4) is 0 Å². The average molecular weight is 1050 g/mol. The van der Waals surface area contributed by atoms with Gasteiger partial charge in [0.15, 0.2) is 0 Å². The number of rotatable bonds is 7. The Morgan fingerprint density at radius 2 is 0.638 bits per heavy atom. The Balaban J connectivity index is 0.000000138. The predicted molar refractivity (Wildman–Crippen MR) is 281 cm³/mol. The molecular weight excluding hydrogens is 1010 g/mol. The van der Waals surface area contributed by atoms with Gasteiger partial charge >= 0.3 is 0 Å². The number of phenolic OH excluding ortho intramolecular Hbond substituents is 2. The molecule has 0 amide bonds. The van der Waals surface area contributed by atoms with Crippen molar-refractivity contribution in [3.63, 3.8) is 0 Å². The first-order valence-electron chi connectivity index (χ1n) is 21.6. The van der Waals surface area contributed by atoms with Gasteiger partial charge in [-0.05, 0) is 106 Å². The Morgan fingerprint density at radius 3 is 0.986 bits per heavy atom. The summed E-state index contributed by atoms with van der Waals surface area (Å²) in [6, 6.07) is 72.5. The van der Waals surface area contributed by atoms with Crippen molar-refractivity contribution in [2.75, 3.05) is 7.11 Å². The maximum Gasteiger partial charge on any atom is 0.129 e. The minimum absolute atomic E-state index is 0. The Kier molecular flexibility index (Phi) is 16.0. The number of methoxy groups -OCH3 is 1. The molecule has 6 nitrogen and oxygen atoms in total. The third-order valence-corrected chi connectivity index (χ3v) is 14.3. The largest absolute Gasteiger partial charge is 0.507 e. The summed E-state index contributed by atoms with van der Waals surface area (Å²) in [5.41, 5.74) is 12.3. The number of thiazole rings is 3. The van der Waals surface area contributed by atoms with Crippen LogP contribution in [0.25, 0.3) is 95.7 Å². The molecule has 0 radical (unpaired) electrons. The van der Waals surface area contributed by atoms with E-state index in [9.17, 15) is 10.2 Å². The molecule has 3 heterocycles. The first-order chi connectivity index (χ1) is 33.0. The van der Waals surface area contributed by atoms with Gasteiger partial charge in [-0.15, -0.1) is 34.0 Å². The van der Waals surface area contributed by atoms with Crippen molar-refractivity contribution >= 4 is 64.7 Å². The average Bonchev–Trinajstić information content (AvgIpc) is 4.15. The summed E-state index contributed by atoms with van der Waals surface area (Å²) in [5, 5.41) is 23.1. The molecule has 9 aromatic carbocycles. The standard InChI is InChI=1S/C20H15NOS.2C19H13NOS.2Zn/c1-22-18-12-11-15(14-7-3-2-4-8-14)13-16(18)20-21-17-9-5-6-10-19(17)23-20;2*21-17-11-10-14(13-6-2-1-3-7-13)12-15(17)19-20-16-8-4-5-9-18(16)22-19;;/h2-13H,1H3;2*1-12,21H;;. The molecule has 328 valence electrons. The van der Waals surface area contributed by atoms with Crippen molar-refractivity contribution in [1.29, 1.82) is 0 Å². The van der Waals surface area contributed by atoms with Crippen LogP contribution < -0.4 is 4.74 Å². The van der Waals surface area contributed by atoms with E-state index in [2.05, 4.69) is 88.8 Å². The zero-order valence-electron chi connectivity index (χ0n) is 37.6. The zero-order valence-corrected chi connectivity index (χ0v) is 46.0. The molecule has 69 heavy (non-hydrogen) atoms. The normalized spacial score (nSPS) is 10.6. The number of aromatic nitrogens is 3. The van der Waals surface area contributed by atoms with Crippen LogP contribution in [-0.2, 0) is 39.0 Å². The first kappa shape index (κ1) is 48.7. The second kappa shape index (κ2) is 22.6. The molecule has 0 bridgehead atoms. The number of aromatic hydroxyl groups is 2. The van der Waals surface area contributed by atoms with E-state index in [-0.39, 0.29) is 50.5 Å². The molecule has 2 N–H and O–H groups in total. The number of hydrogen-bond donors (Lipinski definition) is 2. The van der Waals surface area contributed by atoms with Gasteiger partial charge < -0.3 is 14.9 Å². The Morgan fingerprint density at radius 1 is 0.333 bits per heavy atom. The van der Waals surface area contributed by atoms with Crippen molar-refractivity contribution < 1.29 is 53.9 Å². The maximum absolute atomic E-state index is 10.2. The molecule has 12 aromatic rings. The van der Waals surface area contributed by atoms with Gasteiger partial charge in [0.25, 0.3) is 0 Å². The molecule has 0 saturated heterocycles. The van der Waals surface area contributed by atoms with E-state index in [1.807, 2.05) is 127 Å². The number of ether oxygens (including phenoxy) is 1. The maximum atomic E-state index is 10.2. The smallest absolute Gasteiger partial charge is 0.129 e. The van der Waals surface area contributed by atoms with E-state index in [4.69, 9.17) is 9.72 Å². The third-order valence-electron chi connectivity index (χ3n) is 11.1. The van der Waals surface area contributed by atoms with Gasteiger partial charge in [0.2, 0.25) is 0 Å². The molecule has 0 aliphatic heterocycles. The van der Waals surface area contributed by atoms with Crippen LogP contribution in [0.1, 0.15) is 0 Å². The van der Waals surface area contributed by atoms with Gasteiger partial charge in [0, 0.05) is 39.0 Å². The van der Waals surface area contributed by atoms with E-state index >= 15 is 0 Å². The monoisotopic (exact) mass is 1050 g/mol. The van der Waals surface area contributed by atoms with Crippen molar-refractivity contribution in [3.8, 4) is 82.3 Å². The van der Waals surface area contributed by atoms with Crippen molar-refractivity contribution in [1.82, 2.24) is 15.0 Å². The molecule has 0 aliphatic carbocycles. The minimum Gasteiger partial charge on any atom is -0.507 e. The molecule has 0 aliphatic rings. The van der Waals surface area contributed by atoms with Gasteiger partial charge in [-0.25, -0.2) is 15.0 Å². The van der Waals surface area contributed by atoms with Crippen molar-refractivity contribution in [2.45, 2.75) is 0 Å². The fourth-order valence-corrected chi connectivity index (χ4v) is 10.7. The Hall–Kier alpha value is -6.70. The van der Waals surface area contributed by atoms with E-state index in [0.717, 1.165) is 85.7 Å². The van der Waals surface area contributed by atoms with Gasteiger partial charge in [-0.2, -0.15) is 0 Å². The van der Waals surface area contributed by atoms with Gasteiger partial charge in [0.1, 0.15) is 32.3 Å². The second-order valence-electron chi connectivity index (χ2n) is 15.4. The molecule has 12 rings (SSSR count). The summed E-state index contributed by atoms with van der Waals surface area (Å²) < 4.78 is 9.00. The second-order valence-corrected chi connectivity index (χ2v) is 18.5. The number of hydrogen-bond acceptors (Lipinski definition) is 9. The summed E-state index contributed by atoms with van der Waals surface area (Å²) >= 11 is 4.89. The summed E-state index contributed by atoms with van der Waals surface area (Å²) in [5.74, 6) is 1.38. The van der Waals surface area contributed by atoms with E-state index in [1.54, 1.807) is 53.3 Å². The molecule has 11 heteroatoms. The predicted octanol–water partition coefficient (Wildman–Crippen LogP) is 16.3. The van der Waals surface area contributed by atoms with Crippen LogP contribution in [-0.4, -0.2) is 32.3 Å². The van der Waals surface area contributed by atoms with Crippen LogP contribution in [0, 0.1) is 0 Å². The van der Waals surface area contributed by atoms with Crippen molar-refractivity contribution in [2.24, 2.45) is 0 Å². The summed E-state index contributed by atoms with van der Waals surface area (Å²) in [7, 11) is 1.70. The molecule has 0 atom stereocenters. The third kappa shape index (κ3) is 11.1. The van der Waals surface area contributed by atoms with Crippen LogP contribution >= 0.6 is 34.0 Å². The van der Waals surface area contributed by atoms with E-state index in [0.29, 0.717) is 0 Å². The summed E-state index contributed by atoms with van der Waals surface area (Å²) in [4.78, 5) is 14.0. The number of benzene rings is 9. The number of nitrogens with zero attached hydrogens (tertiary/aromatic N) is 3. The number of phenols is 2. The van der Waals surface area contributed by atoms with Gasteiger partial charge in [-0.1, -0.05) is 146 Å². The number of fused-ring (bicyclic) bond motifs is 3.